The Bertz CT molecular complexity index is 491. The van der Waals surface area contributed by atoms with Crippen molar-refractivity contribution in [2.75, 3.05) is 0 Å². The number of benzene rings is 1. The van der Waals surface area contributed by atoms with E-state index in [1.54, 1.807) is 0 Å². The zero-order valence-corrected chi connectivity index (χ0v) is 13.8. The highest BCUT2D eigenvalue weighted by atomic mass is 16.3. The molecule has 0 atom stereocenters. The Kier molecular flexibility index (Phi) is 4.57. The van der Waals surface area contributed by atoms with Crippen LogP contribution in [0.25, 0.3) is 0 Å². The Morgan fingerprint density at radius 1 is 0.810 bits per heavy atom. The van der Waals surface area contributed by atoms with Gasteiger partial charge in [0.2, 0.25) is 0 Å². The van der Waals surface area contributed by atoms with E-state index in [0.717, 1.165) is 0 Å². The molecule has 0 heterocycles. The van der Waals surface area contributed by atoms with Crippen LogP contribution in [0.4, 0.5) is 0 Å². The van der Waals surface area contributed by atoms with Gasteiger partial charge in [0.25, 0.3) is 0 Å². The fourth-order valence-electron chi connectivity index (χ4n) is 4.57. The predicted octanol–water partition coefficient (Wildman–Crippen LogP) is 6.10. The summed E-state index contributed by atoms with van der Waals surface area (Å²) < 4.78 is 0. The van der Waals surface area contributed by atoms with Gasteiger partial charge in [-0.2, -0.15) is 0 Å². The van der Waals surface area contributed by atoms with Gasteiger partial charge in [0.05, 0.1) is 0 Å². The second-order valence-electron chi connectivity index (χ2n) is 7.34. The number of hydrogen-bond acceptors (Lipinski definition) is 1. The van der Waals surface area contributed by atoms with Gasteiger partial charge in [-0.15, -0.1) is 0 Å². The first-order valence-corrected chi connectivity index (χ1v) is 9.01. The molecule has 0 bridgehead atoms. The highest BCUT2D eigenvalue weighted by Gasteiger charge is 2.26. The van der Waals surface area contributed by atoms with Crippen molar-refractivity contribution in [1.29, 1.82) is 0 Å². The molecule has 0 radical (unpaired) electrons. The van der Waals surface area contributed by atoms with Crippen LogP contribution in [0.3, 0.4) is 0 Å². The van der Waals surface area contributed by atoms with Crippen LogP contribution in [-0.4, -0.2) is 5.11 Å². The molecule has 21 heavy (non-hydrogen) atoms. The van der Waals surface area contributed by atoms with Crippen molar-refractivity contribution in [1.82, 2.24) is 0 Å². The third-order valence-corrected chi connectivity index (χ3v) is 5.95. The van der Waals surface area contributed by atoms with Gasteiger partial charge in [-0.1, -0.05) is 44.6 Å². The number of phenols is 1. The van der Waals surface area contributed by atoms with Crippen molar-refractivity contribution in [3.05, 3.63) is 28.3 Å². The Morgan fingerprint density at radius 2 is 1.33 bits per heavy atom. The first-order chi connectivity index (χ1) is 10.2. The number of phenolic OH excluding ortho intramolecular Hbond substituents is 1. The average molecular weight is 286 g/mol. The molecule has 0 aromatic heterocycles. The maximum atomic E-state index is 11.0. The lowest BCUT2D eigenvalue weighted by atomic mass is 9.76. The molecule has 1 aromatic carbocycles. The van der Waals surface area contributed by atoms with Crippen LogP contribution in [0.2, 0.25) is 0 Å². The summed E-state index contributed by atoms with van der Waals surface area (Å²) in [6.07, 6.45) is 13.1. The minimum Gasteiger partial charge on any atom is -0.507 e. The van der Waals surface area contributed by atoms with Gasteiger partial charge in [0.1, 0.15) is 5.75 Å². The molecule has 0 aliphatic heterocycles. The third kappa shape index (κ3) is 2.98. The van der Waals surface area contributed by atoms with Gasteiger partial charge < -0.3 is 5.11 Å². The Hall–Kier alpha value is -0.980. The Labute approximate surface area is 129 Å². The fourth-order valence-corrected chi connectivity index (χ4v) is 4.57. The summed E-state index contributed by atoms with van der Waals surface area (Å²) in [5.74, 6) is 1.86. The third-order valence-electron chi connectivity index (χ3n) is 5.95. The van der Waals surface area contributed by atoms with Gasteiger partial charge in [-0.25, -0.2) is 0 Å². The molecule has 2 fully saturated rings. The minimum absolute atomic E-state index is 0.598. The van der Waals surface area contributed by atoms with E-state index in [4.69, 9.17) is 0 Å². The van der Waals surface area contributed by atoms with E-state index in [2.05, 4.69) is 19.9 Å². The van der Waals surface area contributed by atoms with E-state index in [1.807, 2.05) is 0 Å². The van der Waals surface area contributed by atoms with Gasteiger partial charge in [-0.3, -0.25) is 0 Å². The molecule has 1 N–H and O–H groups in total. The number of hydrogen-bond donors (Lipinski definition) is 1. The Balaban J connectivity index is 1.99. The van der Waals surface area contributed by atoms with Crippen molar-refractivity contribution < 1.29 is 5.11 Å². The summed E-state index contributed by atoms with van der Waals surface area (Å²) in [6, 6.07) is 2.28. The second kappa shape index (κ2) is 6.42. The molecule has 2 aliphatic rings. The summed E-state index contributed by atoms with van der Waals surface area (Å²) in [6.45, 7) is 4.44. The highest BCUT2D eigenvalue weighted by molar-refractivity contribution is 5.52. The lowest BCUT2D eigenvalue weighted by Crippen LogP contribution is -2.11. The van der Waals surface area contributed by atoms with E-state index >= 15 is 0 Å². The second-order valence-corrected chi connectivity index (χ2v) is 7.34. The summed E-state index contributed by atoms with van der Waals surface area (Å²) in [4.78, 5) is 0. The minimum atomic E-state index is 0.598. The van der Waals surface area contributed by atoms with Gasteiger partial charge >= 0.3 is 0 Å². The standard InChI is InChI=1S/C20H30O/c1-14-13-18(16-9-5-3-6-10-16)20(21)19(15(14)2)17-11-7-4-8-12-17/h13,16-17,21H,3-12H2,1-2H3. The molecule has 1 aromatic rings. The molecule has 0 spiro atoms. The summed E-state index contributed by atoms with van der Waals surface area (Å²) >= 11 is 0. The summed E-state index contributed by atoms with van der Waals surface area (Å²) in [5, 5.41) is 11.0. The van der Waals surface area contributed by atoms with Crippen molar-refractivity contribution in [3.8, 4) is 5.75 Å². The lowest BCUT2D eigenvalue weighted by molar-refractivity contribution is 0.391. The SMILES string of the molecule is Cc1cc(C2CCCCC2)c(O)c(C2CCCCC2)c1C. The van der Waals surface area contributed by atoms with Gasteiger partial charge in [0.15, 0.2) is 0 Å². The van der Waals surface area contributed by atoms with E-state index < -0.39 is 0 Å². The monoisotopic (exact) mass is 286 g/mol. The van der Waals surface area contributed by atoms with Crippen molar-refractivity contribution in [2.45, 2.75) is 89.9 Å². The number of aromatic hydroxyl groups is 1. The van der Waals surface area contributed by atoms with Gasteiger partial charge in [0, 0.05) is 5.56 Å². The molecular formula is C20H30O. The Morgan fingerprint density at radius 3 is 1.90 bits per heavy atom. The largest absolute Gasteiger partial charge is 0.507 e. The number of aryl methyl sites for hydroxylation is 1. The van der Waals surface area contributed by atoms with E-state index in [9.17, 15) is 5.11 Å². The summed E-state index contributed by atoms with van der Waals surface area (Å²) in [7, 11) is 0. The maximum absolute atomic E-state index is 11.0. The molecular weight excluding hydrogens is 256 g/mol. The molecule has 0 saturated heterocycles. The summed E-state index contributed by atoms with van der Waals surface area (Å²) in [5.41, 5.74) is 5.29. The molecule has 1 heteroatoms. The predicted molar refractivity (Wildman–Crippen MR) is 89.2 cm³/mol. The van der Waals surface area contributed by atoms with Crippen LogP contribution < -0.4 is 0 Å². The zero-order chi connectivity index (χ0) is 14.8. The smallest absolute Gasteiger partial charge is 0.122 e. The molecule has 1 nitrogen and oxygen atoms in total. The van der Waals surface area contributed by atoms with Crippen LogP contribution in [-0.2, 0) is 0 Å². The molecule has 0 unspecified atom stereocenters. The molecule has 2 aliphatic carbocycles. The molecule has 2 saturated carbocycles. The van der Waals surface area contributed by atoms with E-state index in [-0.39, 0.29) is 0 Å². The van der Waals surface area contributed by atoms with Crippen LogP contribution in [0, 0.1) is 13.8 Å². The zero-order valence-electron chi connectivity index (χ0n) is 13.8. The lowest BCUT2D eigenvalue weighted by Gasteiger charge is -2.29. The van der Waals surface area contributed by atoms with E-state index in [1.165, 1.54) is 86.5 Å². The van der Waals surface area contributed by atoms with Crippen LogP contribution in [0.15, 0.2) is 6.07 Å². The van der Waals surface area contributed by atoms with Crippen LogP contribution >= 0.6 is 0 Å². The van der Waals surface area contributed by atoms with Crippen molar-refractivity contribution in [2.24, 2.45) is 0 Å². The van der Waals surface area contributed by atoms with Crippen molar-refractivity contribution >= 4 is 0 Å². The number of rotatable bonds is 2. The van der Waals surface area contributed by atoms with Crippen LogP contribution in [0.5, 0.6) is 5.75 Å². The molecule has 3 rings (SSSR count). The fraction of sp³-hybridized carbons (Fsp3) is 0.700. The average Bonchev–Trinajstić information content (AvgIpc) is 2.53. The topological polar surface area (TPSA) is 20.2 Å². The maximum Gasteiger partial charge on any atom is 0.122 e. The normalized spacial score (nSPS) is 21.6. The molecule has 0 amide bonds. The first-order valence-electron chi connectivity index (χ1n) is 9.01. The van der Waals surface area contributed by atoms with Crippen molar-refractivity contribution in [3.63, 3.8) is 0 Å². The van der Waals surface area contributed by atoms with Crippen LogP contribution in [0.1, 0.15) is 98.3 Å². The first kappa shape index (κ1) is 14.9. The molecule has 116 valence electrons. The quantitative estimate of drug-likeness (QED) is 0.696. The van der Waals surface area contributed by atoms with E-state index in [0.29, 0.717) is 17.6 Å². The van der Waals surface area contributed by atoms with Gasteiger partial charge in [-0.05, 0) is 68.1 Å². The highest BCUT2D eigenvalue weighted by Crippen LogP contribution is 2.45.